The number of rotatable bonds is 5. The van der Waals surface area contributed by atoms with Gasteiger partial charge in [0.1, 0.15) is 5.82 Å². The summed E-state index contributed by atoms with van der Waals surface area (Å²) in [6, 6.07) is 5.70. The summed E-state index contributed by atoms with van der Waals surface area (Å²) in [6.07, 6.45) is 0.812. The molecule has 1 unspecified atom stereocenters. The summed E-state index contributed by atoms with van der Waals surface area (Å²) in [4.78, 5) is 23.0. The van der Waals surface area contributed by atoms with Gasteiger partial charge in [-0.2, -0.15) is 0 Å². The van der Waals surface area contributed by atoms with Gasteiger partial charge < -0.3 is 10.6 Å². The van der Waals surface area contributed by atoms with Crippen molar-refractivity contribution in [3.8, 4) is 0 Å². The second-order valence-electron chi connectivity index (χ2n) is 4.04. The zero-order valence-corrected chi connectivity index (χ0v) is 10.5. The fraction of sp³-hybridized carbons (Fsp3) is 0.385. The van der Waals surface area contributed by atoms with Gasteiger partial charge in [0.05, 0.1) is 12.1 Å². The molecule has 0 aromatic heterocycles. The third-order valence-electron chi connectivity index (χ3n) is 2.55. The van der Waals surface area contributed by atoms with E-state index in [4.69, 9.17) is 0 Å². The van der Waals surface area contributed by atoms with Gasteiger partial charge in [0.2, 0.25) is 5.91 Å². The second kappa shape index (κ2) is 6.74. The maximum Gasteiger partial charge on any atom is 0.254 e. The van der Waals surface area contributed by atoms with Crippen LogP contribution in [-0.2, 0) is 4.79 Å². The van der Waals surface area contributed by atoms with E-state index < -0.39 is 11.7 Å². The Morgan fingerprint density at radius 2 is 2.00 bits per heavy atom. The van der Waals surface area contributed by atoms with Crippen molar-refractivity contribution in [1.29, 1.82) is 0 Å². The molecular weight excluding hydrogens is 235 g/mol. The van der Waals surface area contributed by atoms with E-state index in [-0.39, 0.29) is 24.1 Å². The first-order valence-electron chi connectivity index (χ1n) is 5.86. The lowest BCUT2D eigenvalue weighted by atomic mass is 10.2. The highest BCUT2D eigenvalue weighted by atomic mass is 19.1. The molecule has 0 saturated heterocycles. The molecule has 0 heterocycles. The normalized spacial score (nSPS) is 11.7. The first kappa shape index (κ1) is 14.2. The summed E-state index contributed by atoms with van der Waals surface area (Å²) >= 11 is 0. The molecule has 0 bridgehead atoms. The molecule has 1 aromatic rings. The van der Waals surface area contributed by atoms with Crippen LogP contribution in [0.1, 0.15) is 30.6 Å². The molecular formula is C13H17FN2O2. The number of carbonyl (C=O) groups excluding carboxylic acids is 2. The van der Waals surface area contributed by atoms with E-state index in [0.717, 1.165) is 6.42 Å². The fourth-order valence-electron chi connectivity index (χ4n) is 1.33. The summed E-state index contributed by atoms with van der Waals surface area (Å²) in [7, 11) is 0. The quantitative estimate of drug-likeness (QED) is 0.833. The summed E-state index contributed by atoms with van der Waals surface area (Å²) < 4.78 is 13.3. The molecule has 2 N–H and O–H groups in total. The Bertz CT molecular complexity index is 435. The average molecular weight is 252 g/mol. The van der Waals surface area contributed by atoms with E-state index in [0.29, 0.717) is 0 Å². The number of hydrogen-bond donors (Lipinski definition) is 2. The summed E-state index contributed by atoms with van der Waals surface area (Å²) in [5.41, 5.74) is -0.0613. The maximum absolute atomic E-state index is 13.3. The number of halogens is 1. The molecule has 5 heteroatoms. The van der Waals surface area contributed by atoms with Crippen molar-refractivity contribution in [3.05, 3.63) is 35.6 Å². The largest absolute Gasteiger partial charge is 0.352 e. The van der Waals surface area contributed by atoms with E-state index in [1.165, 1.54) is 18.2 Å². The zero-order chi connectivity index (χ0) is 13.5. The Hall–Kier alpha value is -1.91. The van der Waals surface area contributed by atoms with Crippen LogP contribution in [0.5, 0.6) is 0 Å². The number of carbonyl (C=O) groups is 2. The Balaban J connectivity index is 2.47. The summed E-state index contributed by atoms with van der Waals surface area (Å²) in [6.45, 7) is 3.66. The number of amides is 2. The zero-order valence-electron chi connectivity index (χ0n) is 10.5. The topological polar surface area (TPSA) is 58.2 Å². The fourth-order valence-corrected chi connectivity index (χ4v) is 1.33. The van der Waals surface area contributed by atoms with Crippen LogP contribution in [-0.4, -0.2) is 24.4 Å². The molecule has 0 saturated carbocycles. The van der Waals surface area contributed by atoms with Crippen molar-refractivity contribution in [2.24, 2.45) is 0 Å². The standard InChI is InChI=1S/C13H17FN2O2/c1-3-9(2)16-12(17)8-15-13(18)10-6-4-5-7-11(10)14/h4-7,9H,3,8H2,1-2H3,(H,15,18)(H,16,17). The minimum absolute atomic E-state index is 0.0582. The minimum Gasteiger partial charge on any atom is -0.352 e. The summed E-state index contributed by atoms with van der Waals surface area (Å²) in [5, 5.41) is 5.08. The Labute approximate surface area is 106 Å². The molecule has 0 aliphatic heterocycles. The molecule has 0 spiro atoms. The summed E-state index contributed by atoms with van der Waals surface area (Å²) in [5.74, 6) is -1.47. The molecule has 0 fully saturated rings. The van der Waals surface area contributed by atoms with Gasteiger partial charge >= 0.3 is 0 Å². The highest BCUT2D eigenvalue weighted by Crippen LogP contribution is 2.05. The smallest absolute Gasteiger partial charge is 0.254 e. The van der Waals surface area contributed by atoms with Crippen LogP contribution >= 0.6 is 0 Å². The van der Waals surface area contributed by atoms with Gasteiger partial charge in [-0.05, 0) is 25.5 Å². The monoisotopic (exact) mass is 252 g/mol. The molecule has 4 nitrogen and oxygen atoms in total. The Morgan fingerprint density at radius 3 is 2.61 bits per heavy atom. The molecule has 0 aliphatic carbocycles. The van der Waals surface area contributed by atoms with Crippen LogP contribution in [0.15, 0.2) is 24.3 Å². The van der Waals surface area contributed by atoms with Crippen LogP contribution in [0.2, 0.25) is 0 Å². The van der Waals surface area contributed by atoms with Gasteiger partial charge in [0.25, 0.3) is 5.91 Å². The molecule has 0 radical (unpaired) electrons. The van der Waals surface area contributed by atoms with Gasteiger partial charge in [-0.25, -0.2) is 4.39 Å². The molecule has 0 aliphatic rings. The lowest BCUT2D eigenvalue weighted by Crippen LogP contribution is -2.40. The highest BCUT2D eigenvalue weighted by molar-refractivity contribution is 5.96. The van der Waals surface area contributed by atoms with Crippen LogP contribution in [0.25, 0.3) is 0 Å². The van der Waals surface area contributed by atoms with Crippen LogP contribution in [0, 0.1) is 5.82 Å². The molecule has 1 atom stereocenters. The van der Waals surface area contributed by atoms with Crippen LogP contribution in [0.3, 0.4) is 0 Å². The lowest BCUT2D eigenvalue weighted by molar-refractivity contribution is -0.120. The van der Waals surface area contributed by atoms with Crippen LogP contribution < -0.4 is 10.6 Å². The predicted molar refractivity (Wildman–Crippen MR) is 66.6 cm³/mol. The molecule has 1 rings (SSSR count). The van der Waals surface area contributed by atoms with Gasteiger partial charge in [-0.1, -0.05) is 19.1 Å². The molecule has 1 aromatic carbocycles. The maximum atomic E-state index is 13.3. The molecule has 98 valence electrons. The van der Waals surface area contributed by atoms with Crippen molar-refractivity contribution in [3.63, 3.8) is 0 Å². The van der Waals surface area contributed by atoms with Crippen molar-refractivity contribution >= 4 is 11.8 Å². The SMILES string of the molecule is CCC(C)NC(=O)CNC(=O)c1ccccc1F. The van der Waals surface area contributed by atoms with Crippen molar-refractivity contribution < 1.29 is 14.0 Å². The predicted octanol–water partition coefficient (Wildman–Crippen LogP) is 1.47. The van der Waals surface area contributed by atoms with Crippen molar-refractivity contribution in [1.82, 2.24) is 10.6 Å². The van der Waals surface area contributed by atoms with Gasteiger partial charge in [-0.3, -0.25) is 9.59 Å². The number of benzene rings is 1. The lowest BCUT2D eigenvalue weighted by Gasteiger charge is -2.11. The Kier molecular flexibility index (Phi) is 5.30. The van der Waals surface area contributed by atoms with E-state index in [1.807, 2.05) is 13.8 Å². The van der Waals surface area contributed by atoms with Crippen molar-refractivity contribution in [2.45, 2.75) is 26.3 Å². The highest BCUT2D eigenvalue weighted by Gasteiger charge is 2.12. The molecule has 2 amide bonds. The van der Waals surface area contributed by atoms with E-state index in [2.05, 4.69) is 10.6 Å². The number of hydrogen-bond acceptors (Lipinski definition) is 2. The van der Waals surface area contributed by atoms with Gasteiger partial charge in [0.15, 0.2) is 0 Å². The number of nitrogens with one attached hydrogen (secondary N) is 2. The van der Waals surface area contributed by atoms with Crippen molar-refractivity contribution in [2.75, 3.05) is 6.54 Å². The molecule has 18 heavy (non-hydrogen) atoms. The Morgan fingerprint density at radius 1 is 1.33 bits per heavy atom. The van der Waals surface area contributed by atoms with E-state index in [9.17, 15) is 14.0 Å². The first-order valence-corrected chi connectivity index (χ1v) is 5.86. The first-order chi connectivity index (χ1) is 8.54. The van der Waals surface area contributed by atoms with E-state index >= 15 is 0 Å². The third-order valence-corrected chi connectivity index (χ3v) is 2.55. The average Bonchev–Trinajstić information content (AvgIpc) is 2.36. The second-order valence-corrected chi connectivity index (χ2v) is 4.04. The van der Waals surface area contributed by atoms with E-state index in [1.54, 1.807) is 6.07 Å². The van der Waals surface area contributed by atoms with Crippen LogP contribution in [0.4, 0.5) is 4.39 Å². The van der Waals surface area contributed by atoms with Gasteiger partial charge in [0, 0.05) is 6.04 Å². The minimum atomic E-state index is -0.600. The van der Waals surface area contributed by atoms with Gasteiger partial charge in [-0.15, -0.1) is 0 Å². The third kappa shape index (κ3) is 4.16.